The van der Waals surface area contributed by atoms with Crippen molar-refractivity contribution in [3.8, 4) is 0 Å². The van der Waals surface area contributed by atoms with E-state index in [1.165, 1.54) is 61.7 Å². The van der Waals surface area contributed by atoms with Gasteiger partial charge in [0.25, 0.3) is 0 Å². The maximum absolute atomic E-state index is 13.0. The number of piperazine rings is 1. The van der Waals surface area contributed by atoms with Crippen molar-refractivity contribution in [1.82, 2.24) is 14.9 Å². The molecule has 1 aliphatic carbocycles. The maximum Gasteiger partial charge on any atom is 0.234 e. The van der Waals surface area contributed by atoms with Gasteiger partial charge in [-0.1, -0.05) is 49.0 Å². The first-order valence-electron chi connectivity index (χ1n) is 12.1. The molecule has 7 nitrogen and oxygen atoms in total. The van der Waals surface area contributed by atoms with Gasteiger partial charge in [-0.15, -0.1) is 0 Å². The summed E-state index contributed by atoms with van der Waals surface area (Å²) in [5, 5.41) is 3.43. The number of nitrogens with zero attached hydrogens (tertiary/aromatic N) is 4. The van der Waals surface area contributed by atoms with E-state index in [9.17, 15) is 14.0 Å². The van der Waals surface area contributed by atoms with Gasteiger partial charge in [0.05, 0.1) is 5.75 Å². The lowest BCUT2D eigenvalue weighted by Gasteiger charge is -2.40. The van der Waals surface area contributed by atoms with E-state index in [1.54, 1.807) is 6.07 Å². The molecule has 35 heavy (non-hydrogen) atoms. The van der Waals surface area contributed by atoms with Crippen molar-refractivity contribution in [2.75, 3.05) is 35.6 Å². The highest BCUT2D eigenvalue weighted by Gasteiger charge is 2.29. The van der Waals surface area contributed by atoms with E-state index in [0.29, 0.717) is 53.8 Å². The van der Waals surface area contributed by atoms with Crippen LogP contribution in [0, 0.1) is 11.7 Å². The minimum absolute atomic E-state index is 0.0751. The standard InChI is InChI=1S/C25H31ClFN5O2S/c1-17-15-31(12-13-32(17)24(34)11-6-18-4-2-3-5-18)22-14-21(26)29-25(30-22)35-16-23(33)28-20-9-7-19(27)8-10-20/h7-10,14,17-18H,2-6,11-13,15-16H2,1H3,(H,28,33). The minimum atomic E-state index is -0.360. The van der Waals surface area contributed by atoms with Crippen molar-refractivity contribution in [3.05, 3.63) is 41.3 Å². The van der Waals surface area contributed by atoms with Crippen LogP contribution in [-0.4, -0.2) is 58.1 Å². The molecule has 2 heterocycles. The number of hydrogen-bond acceptors (Lipinski definition) is 6. The number of anilines is 2. The first-order valence-corrected chi connectivity index (χ1v) is 13.5. The van der Waals surface area contributed by atoms with E-state index >= 15 is 0 Å². The Kier molecular flexibility index (Phi) is 8.83. The van der Waals surface area contributed by atoms with Crippen molar-refractivity contribution in [1.29, 1.82) is 0 Å². The summed E-state index contributed by atoms with van der Waals surface area (Å²) in [6, 6.07) is 7.39. The van der Waals surface area contributed by atoms with E-state index in [-0.39, 0.29) is 29.4 Å². The minimum Gasteiger partial charge on any atom is -0.353 e. The molecule has 1 aromatic carbocycles. The summed E-state index contributed by atoms with van der Waals surface area (Å²) in [6.45, 7) is 4.05. The van der Waals surface area contributed by atoms with Crippen LogP contribution >= 0.6 is 23.4 Å². The third-order valence-corrected chi connectivity index (χ3v) is 7.68. The molecule has 1 unspecified atom stereocenters. The van der Waals surface area contributed by atoms with Gasteiger partial charge in [0.2, 0.25) is 11.8 Å². The average Bonchev–Trinajstić information content (AvgIpc) is 3.36. The van der Waals surface area contributed by atoms with Crippen LogP contribution in [0.1, 0.15) is 45.4 Å². The number of amides is 2. The molecule has 1 N–H and O–H groups in total. The number of aromatic nitrogens is 2. The average molecular weight is 520 g/mol. The third kappa shape index (κ3) is 7.30. The van der Waals surface area contributed by atoms with Crippen LogP contribution in [0.5, 0.6) is 0 Å². The monoisotopic (exact) mass is 519 g/mol. The van der Waals surface area contributed by atoms with Crippen molar-refractivity contribution < 1.29 is 14.0 Å². The van der Waals surface area contributed by atoms with Crippen molar-refractivity contribution in [2.24, 2.45) is 5.92 Å². The van der Waals surface area contributed by atoms with Gasteiger partial charge in [0.15, 0.2) is 5.16 Å². The largest absolute Gasteiger partial charge is 0.353 e. The zero-order chi connectivity index (χ0) is 24.8. The number of rotatable bonds is 8. The quantitative estimate of drug-likeness (QED) is 0.300. The SMILES string of the molecule is CC1CN(c2cc(Cl)nc(SCC(=O)Nc3ccc(F)cc3)n2)CCN1C(=O)CCC1CCCC1. The predicted octanol–water partition coefficient (Wildman–Crippen LogP) is 5.01. The number of benzene rings is 1. The number of carbonyl (C=O) groups excluding carboxylic acids is 2. The van der Waals surface area contributed by atoms with Crippen molar-refractivity contribution >= 4 is 46.7 Å². The van der Waals surface area contributed by atoms with E-state index < -0.39 is 0 Å². The zero-order valence-electron chi connectivity index (χ0n) is 19.9. The molecule has 188 valence electrons. The Morgan fingerprint density at radius 1 is 1.17 bits per heavy atom. The Balaban J connectivity index is 1.29. The molecule has 0 bridgehead atoms. The normalized spacial score (nSPS) is 18.7. The highest BCUT2D eigenvalue weighted by atomic mass is 35.5. The Hall–Kier alpha value is -2.39. The van der Waals surface area contributed by atoms with Gasteiger partial charge >= 0.3 is 0 Å². The lowest BCUT2D eigenvalue weighted by Crippen LogP contribution is -2.54. The highest BCUT2D eigenvalue weighted by molar-refractivity contribution is 7.99. The number of carbonyl (C=O) groups is 2. The molecule has 10 heteroatoms. The number of hydrogen-bond donors (Lipinski definition) is 1. The molecule has 2 amide bonds. The second kappa shape index (κ2) is 12.0. The van der Waals surface area contributed by atoms with Crippen molar-refractivity contribution in [3.63, 3.8) is 0 Å². The van der Waals surface area contributed by atoms with Gasteiger partial charge in [-0.05, 0) is 43.5 Å². The highest BCUT2D eigenvalue weighted by Crippen LogP contribution is 2.29. The second-order valence-electron chi connectivity index (χ2n) is 9.25. The van der Waals surface area contributed by atoms with Crippen LogP contribution in [0.4, 0.5) is 15.9 Å². The summed E-state index contributed by atoms with van der Waals surface area (Å²) in [5.74, 6) is 1.14. The topological polar surface area (TPSA) is 78.4 Å². The summed E-state index contributed by atoms with van der Waals surface area (Å²) in [5.41, 5.74) is 0.523. The zero-order valence-corrected chi connectivity index (χ0v) is 21.5. The van der Waals surface area contributed by atoms with Crippen LogP contribution in [0.25, 0.3) is 0 Å². The van der Waals surface area contributed by atoms with E-state index in [0.717, 1.165) is 6.42 Å². The Morgan fingerprint density at radius 2 is 1.91 bits per heavy atom. The fourth-order valence-electron chi connectivity index (χ4n) is 4.78. The van der Waals surface area contributed by atoms with Crippen LogP contribution < -0.4 is 10.2 Å². The number of halogens is 2. The van der Waals surface area contributed by atoms with Crippen molar-refractivity contribution in [2.45, 2.75) is 56.6 Å². The lowest BCUT2D eigenvalue weighted by atomic mass is 10.0. The fourth-order valence-corrected chi connectivity index (χ4v) is 5.66. The molecule has 2 fully saturated rings. The second-order valence-corrected chi connectivity index (χ2v) is 10.6. The molecule has 1 aromatic heterocycles. The Labute approximate surface area is 214 Å². The fraction of sp³-hybridized carbons (Fsp3) is 0.520. The Morgan fingerprint density at radius 3 is 2.63 bits per heavy atom. The van der Waals surface area contributed by atoms with E-state index in [1.807, 2.05) is 4.90 Å². The molecule has 1 saturated carbocycles. The molecule has 4 rings (SSSR count). The van der Waals surface area contributed by atoms with Gasteiger partial charge < -0.3 is 15.1 Å². The molecular weight excluding hydrogens is 489 g/mol. The van der Waals surface area contributed by atoms with Gasteiger partial charge in [0, 0.05) is 43.9 Å². The lowest BCUT2D eigenvalue weighted by molar-refractivity contribution is -0.133. The molecular formula is C25H31ClFN5O2S. The summed E-state index contributed by atoms with van der Waals surface area (Å²) >= 11 is 7.44. The molecule has 2 aliphatic rings. The first-order chi connectivity index (χ1) is 16.9. The summed E-state index contributed by atoms with van der Waals surface area (Å²) in [6.07, 6.45) is 6.76. The summed E-state index contributed by atoms with van der Waals surface area (Å²) < 4.78 is 13.0. The molecule has 0 radical (unpaired) electrons. The van der Waals surface area contributed by atoms with Crippen LogP contribution in [0.15, 0.2) is 35.5 Å². The van der Waals surface area contributed by atoms with Crippen LogP contribution in [0.2, 0.25) is 5.15 Å². The van der Waals surface area contributed by atoms with E-state index in [4.69, 9.17) is 11.6 Å². The number of nitrogens with one attached hydrogen (secondary N) is 1. The van der Waals surface area contributed by atoms with Gasteiger partial charge in [-0.25, -0.2) is 14.4 Å². The molecule has 0 spiro atoms. The first kappa shape index (κ1) is 25.7. The Bertz CT molecular complexity index is 1040. The number of thioether (sulfide) groups is 1. The maximum atomic E-state index is 13.0. The summed E-state index contributed by atoms with van der Waals surface area (Å²) in [7, 11) is 0. The molecule has 1 saturated heterocycles. The third-order valence-electron chi connectivity index (χ3n) is 6.63. The smallest absolute Gasteiger partial charge is 0.234 e. The van der Waals surface area contributed by atoms with Gasteiger partial charge in [-0.2, -0.15) is 0 Å². The summed E-state index contributed by atoms with van der Waals surface area (Å²) in [4.78, 5) is 38.0. The predicted molar refractivity (Wildman–Crippen MR) is 137 cm³/mol. The van der Waals surface area contributed by atoms with Crippen LogP contribution in [-0.2, 0) is 9.59 Å². The molecule has 1 aliphatic heterocycles. The van der Waals surface area contributed by atoms with Gasteiger partial charge in [-0.3, -0.25) is 9.59 Å². The molecule has 1 atom stereocenters. The molecule has 2 aromatic rings. The van der Waals surface area contributed by atoms with Crippen LogP contribution in [0.3, 0.4) is 0 Å². The van der Waals surface area contributed by atoms with Gasteiger partial charge in [0.1, 0.15) is 16.8 Å². The van der Waals surface area contributed by atoms with E-state index in [2.05, 4.69) is 27.1 Å².